The van der Waals surface area contributed by atoms with Gasteiger partial charge in [-0.05, 0) is 69.7 Å². The van der Waals surface area contributed by atoms with Gasteiger partial charge in [0.15, 0.2) is 0 Å². The number of amides is 1. The molecule has 0 saturated heterocycles. The minimum atomic E-state index is -3.67. The summed E-state index contributed by atoms with van der Waals surface area (Å²) in [6.45, 7) is 4.55. The van der Waals surface area contributed by atoms with E-state index in [1.807, 2.05) is 18.2 Å². The molecule has 0 radical (unpaired) electrons. The fourth-order valence-corrected chi connectivity index (χ4v) is 4.95. The molecule has 0 spiro atoms. The van der Waals surface area contributed by atoms with E-state index in [1.54, 1.807) is 32.0 Å². The van der Waals surface area contributed by atoms with Gasteiger partial charge in [-0.2, -0.15) is 0 Å². The number of aliphatic hydroxyl groups is 1. The van der Waals surface area contributed by atoms with Crippen LogP contribution in [0.2, 0.25) is 0 Å². The Bertz CT molecular complexity index is 1330. The largest absolute Gasteiger partial charge is 0.491 e. The van der Waals surface area contributed by atoms with Gasteiger partial charge in [0.2, 0.25) is 10.0 Å². The number of ether oxygens (including phenoxy) is 1. The van der Waals surface area contributed by atoms with E-state index in [1.165, 1.54) is 13.1 Å². The van der Waals surface area contributed by atoms with Crippen molar-refractivity contribution < 1.29 is 23.1 Å². The maximum Gasteiger partial charge on any atom is 0.251 e. The summed E-state index contributed by atoms with van der Waals surface area (Å²) in [6, 6.07) is 11.5. The summed E-state index contributed by atoms with van der Waals surface area (Å²) < 4.78 is 32.7. The number of rotatable bonds is 15. The Morgan fingerprint density at radius 1 is 1.17 bits per heavy atom. The molecule has 2 aromatic rings. The second-order valence-corrected chi connectivity index (χ2v) is 13.5. The standard InChI is InChI=1S/C30H41N5O5S/c1-21(2)41(38,39)35(3)29-17-24(16-28(34-29)32-18-23-13-14-23)30(37)33-26(20-40-25-9-5-4-6-10-25)27(36)19-31-15-7-8-22-11-12-22/h4-6,9-10,16-17,21-23,26-27,31,36H,11-15,18-20H2,1-3H3,(H,32,34)(H,33,37)/t26-,27+/m0/s1. The number of anilines is 2. The topological polar surface area (TPSA) is 133 Å². The Labute approximate surface area is 243 Å². The molecule has 2 fully saturated rings. The first-order valence-electron chi connectivity index (χ1n) is 14.2. The van der Waals surface area contributed by atoms with Crippen molar-refractivity contribution in [3.8, 4) is 17.6 Å². The van der Waals surface area contributed by atoms with E-state index in [-0.39, 0.29) is 24.5 Å². The van der Waals surface area contributed by atoms with Gasteiger partial charge in [0, 0.05) is 31.6 Å². The lowest BCUT2D eigenvalue weighted by molar-refractivity contribution is 0.0737. The quantitative estimate of drug-likeness (QED) is 0.186. The summed E-state index contributed by atoms with van der Waals surface area (Å²) in [6.07, 6.45) is 3.58. The zero-order valence-corrected chi connectivity index (χ0v) is 24.8. The summed E-state index contributed by atoms with van der Waals surface area (Å²) in [5.74, 6) is 7.98. The number of aliphatic hydroxyl groups excluding tert-OH is 1. The molecule has 0 unspecified atom stereocenters. The number of hydrogen-bond acceptors (Lipinski definition) is 8. The van der Waals surface area contributed by atoms with Crippen molar-refractivity contribution in [2.45, 2.75) is 56.9 Å². The minimum absolute atomic E-state index is 0.0265. The number of pyridine rings is 1. The first kappa shape index (κ1) is 30.6. The Balaban J connectivity index is 1.51. The average molecular weight is 584 g/mol. The number of nitrogens with one attached hydrogen (secondary N) is 3. The molecule has 1 aromatic heterocycles. The molecule has 4 N–H and O–H groups in total. The van der Waals surface area contributed by atoms with Crippen LogP contribution in [0.1, 0.15) is 49.9 Å². The average Bonchev–Trinajstić information content (AvgIpc) is 3.89. The summed E-state index contributed by atoms with van der Waals surface area (Å²) in [5, 5.41) is 19.6. The maximum atomic E-state index is 13.5. The predicted molar refractivity (Wildman–Crippen MR) is 160 cm³/mol. The number of benzene rings is 1. The molecule has 0 bridgehead atoms. The van der Waals surface area contributed by atoms with E-state index in [0.29, 0.717) is 36.5 Å². The Kier molecular flexibility index (Phi) is 10.5. The number of hydrogen-bond donors (Lipinski definition) is 4. The highest BCUT2D eigenvalue weighted by Crippen LogP contribution is 2.29. The molecule has 2 atom stereocenters. The number of aromatic nitrogens is 1. The van der Waals surface area contributed by atoms with Crippen LogP contribution in [0, 0.1) is 23.7 Å². The zero-order chi connectivity index (χ0) is 29.4. The van der Waals surface area contributed by atoms with Gasteiger partial charge in [-0.15, -0.1) is 0 Å². The molecule has 11 heteroatoms. The number of carbonyl (C=O) groups excluding carboxylic acids is 1. The van der Waals surface area contributed by atoms with Crippen LogP contribution in [0.15, 0.2) is 42.5 Å². The molecule has 2 saturated carbocycles. The van der Waals surface area contributed by atoms with Crippen LogP contribution in [0.3, 0.4) is 0 Å². The van der Waals surface area contributed by atoms with Crippen molar-refractivity contribution in [3.05, 3.63) is 48.0 Å². The predicted octanol–water partition coefficient (Wildman–Crippen LogP) is 2.62. The fraction of sp³-hybridized carbons (Fsp3) is 0.533. The molecule has 4 rings (SSSR count). The lowest BCUT2D eigenvalue weighted by atomic mass is 10.1. The molecular weight excluding hydrogens is 542 g/mol. The van der Waals surface area contributed by atoms with E-state index in [9.17, 15) is 18.3 Å². The van der Waals surface area contributed by atoms with Crippen LogP contribution in [0.4, 0.5) is 11.6 Å². The van der Waals surface area contributed by atoms with E-state index >= 15 is 0 Å². The molecule has 2 aliphatic carbocycles. The van der Waals surface area contributed by atoms with Crippen LogP contribution in [-0.2, 0) is 10.0 Å². The van der Waals surface area contributed by atoms with Gasteiger partial charge in [0.05, 0.1) is 23.9 Å². The van der Waals surface area contributed by atoms with Crippen LogP contribution < -0.4 is 25.0 Å². The van der Waals surface area contributed by atoms with Gasteiger partial charge in [-0.3, -0.25) is 9.10 Å². The highest BCUT2D eigenvalue weighted by Gasteiger charge is 2.28. The van der Waals surface area contributed by atoms with Gasteiger partial charge in [-0.1, -0.05) is 30.0 Å². The molecule has 1 heterocycles. The smallest absolute Gasteiger partial charge is 0.251 e. The summed E-state index contributed by atoms with van der Waals surface area (Å²) >= 11 is 0. The van der Waals surface area contributed by atoms with Crippen LogP contribution in [0.25, 0.3) is 0 Å². The molecule has 41 heavy (non-hydrogen) atoms. The first-order valence-corrected chi connectivity index (χ1v) is 15.7. The third kappa shape index (κ3) is 9.35. The highest BCUT2D eigenvalue weighted by atomic mass is 32.2. The number of carbonyl (C=O) groups is 1. The van der Waals surface area contributed by atoms with Crippen LogP contribution >= 0.6 is 0 Å². The highest BCUT2D eigenvalue weighted by molar-refractivity contribution is 7.93. The van der Waals surface area contributed by atoms with Crippen molar-refractivity contribution >= 4 is 27.6 Å². The second kappa shape index (κ2) is 14.0. The molecular formula is C30H41N5O5S. The van der Waals surface area contributed by atoms with Crippen molar-refractivity contribution in [1.29, 1.82) is 0 Å². The van der Waals surface area contributed by atoms with E-state index < -0.39 is 33.3 Å². The van der Waals surface area contributed by atoms with Crippen molar-refractivity contribution in [3.63, 3.8) is 0 Å². The monoisotopic (exact) mass is 583 g/mol. The van der Waals surface area contributed by atoms with E-state index in [4.69, 9.17) is 4.74 Å². The van der Waals surface area contributed by atoms with E-state index in [0.717, 1.165) is 30.0 Å². The van der Waals surface area contributed by atoms with Crippen LogP contribution in [-0.4, -0.2) is 75.1 Å². The summed E-state index contributed by atoms with van der Waals surface area (Å²) in [7, 11) is -2.24. The van der Waals surface area contributed by atoms with Crippen LogP contribution in [0.5, 0.6) is 5.75 Å². The zero-order valence-electron chi connectivity index (χ0n) is 24.0. The van der Waals surface area contributed by atoms with Crippen molar-refractivity contribution in [2.75, 3.05) is 42.9 Å². The normalized spacial score (nSPS) is 16.3. The lowest BCUT2D eigenvalue weighted by Gasteiger charge is -2.25. The second-order valence-electron chi connectivity index (χ2n) is 11.0. The number of nitrogens with zero attached hydrogens (tertiary/aromatic N) is 2. The molecule has 10 nitrogen and oxygen atoms in total. The number of sulfonamides is 1. The van der Waals surface area contributed by atoms with Gasteiger partial charge in [-0.25, -0.2) is 13.4 Å². The third-order valence-corrected chi connectivity index (χ3v) is 9.19. The number of para-hydroxylation sites is 1. The first-order chi connectivity index (χ1) is 19.6. The van der Waals surface area contributed by atoms with Gasteiger partial charge < -0.3 is 25.8 Å². The van der Waals surface area contributed by atoms with Gasteiger partial charge in [0.1, 0.15) is 24.0 Å². The Morgan fingerprint density at radius 2 is 1.90 bits per heavy atom. The molecule has 2 aliphatic rings. The van der Waals surface area contributed by atoms with Crippen molar-refractivity contribution in [2.24, 2.45) is 11.8 Å². The molecule has 1 aromatic carbocycles. The SMILES string of the molecule is CC(C)S(=O)(=O)N(C)c1cc(C(=O)N[C@@H](COc2ccccc2)[C@H](O)CNCC#CC2CC2)cc(NCC2CC2)n1. The Morgan fingerprint density at radius 3 is 2.56 bits per heavy atom. The van der Waals surface area contributed by atoms with Crippen molar-refractivity contribution in [1.82, 2.24) is 15.6 Å². The third-order valence-electron chi connectivity index (χ3n) is 7.05. The van der Waals surface area contributed by atoms with Gasteiger partial charge in [0.25, 0.3) is 5.91 Å². The fourth-order valence-electron chi connectivity index (χ4n) is 3.97. The molecule has 1 amide bonds. The Hall–Kier alpha value is -3.33. The summed E-state index contributed by atoms with van der Waals surface area (Å²) in [5.41, 5.74) is 0.222. The molecule has 0 aliphatic heterocycles. The van der Waals surface area contributed by atoms with Gasteiger partial charge >= 0.3 is 0 Å². The summed E-state index contributed by atoms with van der Waals surface area (Å²) in [4.78, 5) is 18.0. The molecule has 222 valence electrons. The lowest BCUT2D eigenvalue weighted by Crippen LogP contribution is -2.50. The van der Waals surface area contributed by atoms with E-state index in [2.05, 4.69) is 32.8 Å². The maximum absolute atomic E-state index is 13.5. The minimum Gasteiger partial charge on any atom is -0.491 e.